The van der Waals surface area contributed by atoms with Crippen molar-refractivity contribution in [2.45, 2.75) is 37.9 Å². The van der Waals surface area contributed by atoms with Crippen LogP contribution >= 0.6 is 0 Å². The lowest BCUT2D eigenvalue weighted by molar-refractivity contribution is -0.139. The van der Waals surface area contributed by atoms with E-state index in [2.05, 4.69) is 10.6 Å². The molecular formula is C22H26FN3O3. The molecule has 1 aliphatic carbocycles. The molecule has 1 saturated carbocycles. The number of carbonyl (C=O) groups excluding carboxylic acids is 1. The molecule has 0 heterocycles. The molecule has 1 fully saturated rings. The summed E-state index contributed by atoms with van der Waals surface area (Å²) in [6.07, 6.45) is 1.45. The van der Waals surface area contributed by atoms with Crippen LogP contribution in [0.15, 0.2) is 54.6 Å². The van der Waals surface area contributed by atoms with E-state index in [9.17, 15) is 14.0 Å². The molecule has 2 aromatic carbocycles. The van der Waals surface area contributed by atoms with Gasteiger partial charge in [-0.05, 0) is 42.6 Å². The molecule has 0 aliphatic heterocycles. The summed E-state index contributed by atoms with van der Waals surface area (Å²) < 4.78 is 13.3. The van der Waals surface area contributed by atoms with Crippen LogP contribution in [0.25, 0.3) is 0 Å². The SMILES string of the molecule is CCN(CC(=O)O)C1CC(NC(=O)NC(c2ccccc2)c2ccc(F)cc2)C1. The lowest BCUT2D eigenvalue weighted by atomic mass is 9.85. The van der Waals surface area contributed by atoms with Crippen molar-refractivity contribution in [1.29, 1.82) is 0 Å². The van der Waals surface area contributed by atoms with E-state index < -0.39 is 12.0 Å². The lowest BCUT2D eigenvalue weighted by Gasteiger charge is -2.42. The Balaban J connectivity index is 1.60. The Kier molecular flexibility index (Phi) is 6.82. The van der Waals surface area contributed by atoms with Gasteiger partial charge in [0.1, 0.15) is 5.82 Å². The molecule has 2 aromatic rings. The zero-order valence-corrected chi connectivity index (χ0v) is 16.3. The van der Waals surface area contributed by atoms with E-state index >= 15 is 0 Å². The number of hydrogen-bond acceptors (Lipinski definition) is 3. The van der Waals surface area contributed by atoms with Crippen molar-refractivity contribution in [1.82, 2.24) is 15.5 Å². The van der Waals surface area contributed by atoms with E-state index in [1.54, 1.807) is 12.1 Å². The van der Waals surface area contributed by atoms with Crippen LogP contribution in [0.4, 0.5) is 9.18 Å². The fourth-order valence-electron chi connectivity index (χ4n) is 3.69. The van der Waals surface area contributed by atoms with Crippen molar-refractivity contribution in [3.8, 4) is 0 Å². The Morgan fingerprint density at radius 1 is 1.10 bits per heavy atom. The van der Waals surface area contributed by atoms with Crippen molar-refractivity contribution in [3.63, 3.8) is 0 Å². The first-order chi connectivity index (χ1) is 14.0. The van der Waals surface area contributed by atoms with Gasteiger partial charge >= 0.3 is 12.0 Å². The molecule has 7 heteroatoms. The highest BCUT2D eigenvalue weighted by atomic mass is 19.1. The summed E-state index contributed by atoms with van der Waals surface area (Å²) in [5.41, 5.74) is 1.69. The lowest BCUT2D eigenvalue weighted by Crippen LogP contribution is -2.56. The summed E-state index contributed by atoms with van der Waals surface area (Å²) in [6, 6.07) is 15.1. The maximum Gasteiger partial charge on any atom is 0.317 e. The maximum absolute atomic E-state index is 13.3. The standard InChI is InChI=1S/C22H26FN3O3/c1-2-26(14-20(27)28)19-12-18(13-19)24-22(29)25-21(15-6-4-3-5-7-15)16-8-10-17(23)11-9-16/h3-11,18-19,21H,2,12-14H2,1H3,(H,27,28)(H2,24,25,29). The maximum atomic E-state index is 13.3. The summed E-state index contributed by atoms with van der Waals surface area (Å²) in [5.74, 6) is -1.17. The van der Waals surface area contributed by atoms with Gasteiger partial charge in [0.05, 0.1) is 12.6 Å². The average Bonchev–Trinajstić information content (AvgIpc) is 2.68. The van der Waals surface area contributed by atoms with Crippen molar-refractivity contribution >= 4 is 12.0 Å². The number of hydrogen-bond donors (Lipinski definition) is 3. The van der Waals surface area contributed by atoms with E-state index in [0.717, 1.165) is 24.0 Å². The number of nitrogens with one attached hydrogen (secondary N) is 2. The highest BCUT2D eigenvalue weighted by Gasteiger charge is 2.35. The number of nitrogens with zero attached hydrogens (tertiary/aromatic N) is 1. The molecule has 29 heavy (non-hydrogen) atoms. The number of carboxylic acids is 1. The van der Waals surface area contributed by atoms with Gasteiger partial charge in [0.2, 0.25) is 0 Å². The first-order valence-corrected chi connectivity index (χ1v) is 9.79. The topological polar surface area (TPSA) is 81.7 Å². The number of benzene rings is 2. The molecule has 2 amide bonds. The molecule has 0 aromatic heterocycles. The normalized spacial score (nSPS) is 19.3. The highest BCUT2D eigenvalue weighted by Crippen LogP contribution is 2.26. The first-order valence-electron chi connectivity index (χ1n) is 9.79. The summed E-state index contributed by atoms with van der Waals surface area (Å²) >= 11 is 0. The number of carboxylic acid groups (broad SMARTS) is 1. The second-order valence-corrected chi connectivity index (χ2v) is 7.29. The van der Waals surface area contributed by atoms with Crippen LogP contribution in [-0.2, 0) is 4.79 Å². The average molecular weight is 399 g/mol. The number of aliphatic carboxylic acids is 1. The minimum Gasteiger partial charge on any atom is -0.480 e. The fourth-order valence-corrected chi connectivity index (χ4v) is 3.69. The minimum atomic E-state index is -0.842. The first kappa shape index (κ1) is 20.8. The minimum absolute atomic E-state index is 0.00693. The second-order valence-electron chi connectivity index (χ2n) is 7.29. The van der Waals surface area contributed by atoms with Crippen LogP contribution in [-0.4, -0.2) is 47.2 Å². The molecule has 3 N–H and O–H groups in total. The molecule has 0 spiro atoms. The van der Waals surface area contributed by atoms with Crippen LogP contribution in [0.5, 0.6) is 0 Å². The largest absolute Gasteiger partial charge is 0.480 e. The summed E-state index contributed by atoms with van der Waals surface area (Å²) in [5, 5.41) is 14.9. The summed E-state index contributed by atoms with van der Waals surface area (Å²) in [7, 11) is 0. The monoisotopic (exact) mass is 399 g/mol. The zero-order valence-electron chi connectivity index (χ0n) is 16.3. The van der Waals surface area contributed by atoms with Crippen molar-refractivity contribution in [2.24, 2.45) is 0 Å². The molecule has 0 saturated heterocycles. The van der Waals surface area contributed by atoms with Gasteiger partial charge in [-0.15, -0.1) is 0 Å². The number of rotatable bonds is 8. The van der Waals surface area contributed by atoms with E-state index in [-0.39, 0.29) is 30.5 Å². The molecule has 1 unspecified atom stereocenters. The summed E-state index contributed by atoms with van der Waals surface area (Å²) in [4.78, 5) is 25.4. The Labute approximate surface area is 169 Å². The van der Waals surface area contributed by atoms with Crippen molar-refractivity contribution in [2.75, 3.05) is 13.1 Å². The number of halogens is 1. The van der Waals surface area contributed by atoms with Crippen LogP contribution < -0.4 is 10.6 Å². The Morgan fingerprint density at radius 2 is 1.72 bits per heavy atom. The van der Waals surface area contributed by atoms with Gasteiger partial charge in [0.15, 0.2) is 0 Å². The third-order valence-corrected chi connectivity index (χ3v) is 5.32. The Bertz CT molecular complexity index is 823. The summed E-state index contributed by atoms with van der Waals surface area (Å²) in [6.45, 7) is 2.61. The highest BCUT2D eigenvalue weighted by molar-refractivity contribution is 5.75. The Hall–Kier alpha value is -2.93. The van der Waals surface area contributed by atoms with Gasteiger partial charge in [-0.2, -0.15) is 0 Å². The number of carbonyl (C=O) groups is 2. The molecule has 154 valence electrons. The van der Waals surface area contributed by atoms with Crippen LogP contribution in [0, 0.1) is 5.82 Å². The number of amides is 2. The van der Waals surface area contributed by atoms with Gasteiger partial charge in [-0.25, -0.2) is 9.18 Å². The fraction of sp³-hybridized carbons (Fsp3) is 0.364. The molecule has 6 nitrogen and oxygen atoms in total. The molecule has 1 aliphatic rings. The van der Waals surface area contributed by atoms with Gasteiger partial charge in [0, 0.05) is 12.1 Å². The van der Waals surface area contributed by atoms with Gasteiger partial charge < -0.3 is 15.7 Å². The predicted molar refractivity (Wildman–Crippen MR) is 108 cm³/mol. The molecular weight excluding hydrogens is 373 g/mol. The molecule has 0 bridgehead atoms. The quantitative estimate of drug-likeness (QED) is 0.637. The molecule has 1 atom stereocenters. The van der Waals surface area contributed by atoms with Crippen LogP contribution in [0.1, 0.15) is 36.9 Å². The Morgan fingerprint density at radius 3 is 2.31 bits per heavy atom. The second kappa shape index (κ2) is 9.52. The predicted octanol–water partition coefficient (Wildman–Crippen LogP) is 3.15. The van der Waals surface area contributed by atoms with Gasteiger partial charge in [-0.1, -0.05) is 49.4 Å². The van der Waals surface area contributed by atoms with Crippen molar-refractivity contribution in [3.05, 3.63) is 71.5 Å². The smallest absolute Gasteiger partial charge is 0.317 e. The number of urea groups is 1. The zero-order chi connectivity index (χ0) is 20.8. The van der Waals surface area contributed by atoms with Crippen LogP contribution in [0.2, 0.25) is 0 Å². The third kappa shape index (κ3) is 5.54. The van der Waals surface area contributed by atoms with Gasteiger partial charge in [-0.3, -0.25) is 9.69 Å². The van der Waals surface area contributed by atoms with E-state index in [0.29, 0.717) is 6.54 Å². The molecule has 0 radical (unpaired) electrons. The van der Waals surface area contributed by atoms with Crippen molar-refractivity contribution < 1.29 is 19.1 Å². The third-order valence-electron chi connectivity index (χ3n) is 5.32. The van der Waals surface area contributed by atoms with E-state index in [1.807, 2.05) is 42.2 Å². The van der Waals surface area contributed by atoms with Gasteiger partial charge in [0.25, 0.3) is 0 Å². The number of likely N-dealkylation sites (N-methyl/N-ethyl adjacent to an activating group) is 1. The van der Waals surface area contributed by atoms with E-state index in [4.69, 9.17) is 5.11 Å². The molecule has 3 rings (SSSR count). The van der Waals surface area contributed by atoms with E-state index in [1.165, 1.54) is 12.1 Å². The van der Waals surface area contributed by atoms with Crippen LogP contribution in [0.3, 0.4) is 0 Å².